The van der Waals surface area contributed by atoms with Gasteiger partial charge in [0, 0.05) is 5.02 Å². The van der Waals surface area contributed by atoms with Crippen molar-refractivity contribution in [2.75, 3.05) is 17.5 Å². The molecule has 0 aromatic heterocycles. The van der Waals surface area contributed by atoms with Gasteiger partial charge in [-0.1, -0.05) is 60.1 Å². The number of benzene rings is 4. The fourth-order valence-electron chi connectivity index (χ4n) is 3.71. The van der Waals surface area contributed by atoms with Gasteiger partial charge in [-0.2, -0.15) is 5.10 Å². The minimum Gasteiger partial charge on any atom is -0.490 e. The van der Waals surface area contributed by atoms with E-state index in [0.717, 1.165) is 9.87 Å². The molecule has 4 rings (SSSR count). The summed E-state index contributed by atoms with van der Waals surface area (Å²) in [6, 6.07) is 29.2. The predicted octanol–water partition coefficient (Wildman–Crippen LogP) is 5.66. The second-order valence-corrected chi connectivity index (χ2v) is 10.8. The van der Waals surface area contributed by atoms with Crippen LogP contribution in [0.25, 0.3) is 0 Å². The van der Waals surface area contributed by atoms with Crippen LogP contribution in [0.1, 0.15) is 18.1 Å². The van der Waals surface area contributed by atoms with Gasteiger partial charge in [0.05, 0.1) is 23.4 Å². The Hall–Kier alpha value is -4.34. The molecule has 4 aromatic rings. The average molecular weight is 578 g/mol. The van der Waals surface area contributed by atoms with Crippen molar-refractivity contribution in [3.8, 4) is 11.5 Å². The Morgan fingerprint density at radius 3 is 2.25 bits per heavy atom. The van der Waals surface area contributed by atoms with E-state index in [9.17, 15) is 13.2 Å². The summed E-state index contributed by atoms with van der Waals surface area (Å²) in [7, 11) is -4.03. The molecule has 1 N–H and O–H groups in total. The zero-order valence-electron chi connectivity index (χ0n) is 21.7. The lowest BCUT2D eigenvalue weighted by molar-refractivity contribution is -0.119. The first-order valence-corrected chi connectivity index (χ1v) is 14.3. The molecule has 0 bridgehead atoms. The van der Waals surface area contributed by atoms with E-state index in [1.807, 2.05) is 37.3 Å². The smallest absolute Gasteiger partial charge is 0.264 e. The van der Waals surface area contributed by atoms with E-state index in [2.05, 4.69) is 10.5 Å². The molecule has 0 spiro atoms. The molecule has 10 heteroatoms. The maximum absolute atomic E-state index is 13.4. The number of carbonyl (C=O) groups is 1. The molecule has 1 amide bonds. The number of hydrogen-bond donors (Lipinski definition) is 1. The molecule has 0 radical (unpaired) electrons. The molecule has 4 aromatic carbocycles. The number of hydrogen-bond acceptors (Lipinski definition) is 6. The van der Waals surface area contributed by atoms with E-state index in [4.69, 9.17) is 21.1 Å². The van der Waals surface area contributed by atoms with Crippen molar-refractivity contribution < 1.29 is 22.7 Å². The lowest BCUT2D eigenvalue weighted by Gasteiger charge is -2.23. The molecule has 0 unspecified atom stereocenters. The Morgan fingerprint density at radius 1 is 0.900 bits per heavy atom. The summed E-state index contributed by atoms with van der Waals surface area (Å²) in [5.41, 5.74) is 4.38. The number of hydrazone groups is 1. The molecule has 0 aliphatic heterocycles. The minimum absolute atomic E-state index is 0.0549. The summed E-state index contributed by atoms with van der Waals surface area (Å²) >= 11 is 5.98. The predicted molar refractivity (Wildman–Crippen MR) is 157 cm³/mol. The number of amides is 1. The molecule has 0 heterocycles. The van der Waals surface area contributed by atoms with E-state index in [1.54, 1.807) is 48.5 Å². The Labute approximate surface area is 238 Å². The number of nitrogens with one attached hydrogen (secondary N) is 1. The summed E-state index contributed by atoms with van der Waals surface area (Å²) in [5, 5.41) is 4.46. The van der Waals surface area contributed by atoms with E-state index in [-0.39, 0.29) is 4.90 Å². The van der Waals surface area contributed by atoms with Crippen LogP contribution >= 0.6 is 11.6 Å². The molecule has 0 atom stereocenters. The fourth-order valence-corrected chi connectivity index (χ4v) is 5.28. The van der Waals surface area contributed by atoms with Gasteiger partial charge in [-0.25, -0.2) is 13.8 Å². The van der Waals surface area contributed by atoms with Crippen LogP contribution in [0.15, 0.2) is 113 Å². The highest BCUT2D eigenvalue weighted by Gasteiger charge is 2.27. The number of ether oxygens (including phenoxy) is 2. The third kappa shape index (κ3) is 7.62. The van der Waals surface area contributed by atoms with Crippen molar-refractivity contribution in [3.05, 3.63) is 119 Å². The van der Waals surface area contributed by atoms with E-state index in [1.165, 1.54) is 30.5 Å². The summed E-state index contributed by atoms with van der Waals surface area (Å²) in [4.78, 5) is 12.9. The Balaban J connectivity index is 1.46. The number of anilines is 1. The highest BCUT2D eigenvalue weighted by molar-refractivity contribution is 7.92. The van der Waals surface area contributed by atoms with Crippen LogP contribution < -0.4 is 19.2 Å². The van der Waals surface area contributed by atoms with Gasteiger partial charge in [0.25, 0.3) is 15.9 Å². The van der Waals surface area contributed by atoms with Crippen LogP contribution in [0.5, 0.6) is 11.5 Å². The second kappa shape index (κ2) is 13.6. The largest absolute Gasteiger partial charge is 0.490 e. The Kier molecular flexibility index (Phi) is 9.77. The van der Waals surface area contributed by atoms with Gasteiger partial charge in [-0.15, -0.1) is 0 Å². The van der Waals surface area contributed by atoms with Crippen LogP contribution in [0.3, 0.4) is 0 Å². The maximum atomic E-state index is 13.4. The number of nitrogens with zero attached hydrogens (tertiary/aromatic N) is 2. The van der Waals surface area contributed by atoms with Crippen LogP contribution in [0, 0.1) is 0 Å². The maximum Gasteiger partial charge on any atom is 0.264 e. The summed E-state index contributed by atoms with van der Waals surface area (Å²) in [6.45, 7) is 2.21. The second-order valence-electron chi connectivity index (χ2n) is 8.51. The quantitative estimate of drug-likeness (QED) is 0.173. The topological polar surface area (TPSA) is 97.3 Å². The van der Waals surface area contributed by atoms with Crippen LogP contribution in [-0.4, -0.2) is 33.7 Å². The zero-order chi connectivity index (χ0) is 28.4. The van der Waals surface area contributed by atoms with Gasteiger partial charge in [0.2, 0.25) is 0 Å². The normalized spacial score (nSPS) is 11.2. The first-order chi connectivity index (χ1) is 19.4. The third-order valence-corrected chi connectivity index (χ3v) is 7.68. The lowest BCUT2D eigenvalue weighted by Crippen LogP contribution is -2.39. The number of rotatable bonds is 12. The monoisotopic (exact) mass is 577 g/mol. The molecule has 0 fully saturated rings. The summed E-state index contributed by atoms with van der Waals surface area (Å²) in [6.07, 6.45) is 1.44. The summed E-state index contributed by atoms with van der Waals surface area (Å²) < 4.78 is 39.4. The molecule has 206 valence electrons. The molecular weight excluding hydrogens is 550 g/mol. The SMILES string of the molecule is CCOc1cc(/C=N\NC(=O)CN(c2ccc(Cl)cc2)S(=O)(=O)c2ccccc2)ccc1OCc1ccccc1. The molecule has 0 saturated heterocycles. The van der Waals surface area contributed by atoms with Crippen molar-refractivity contribution >= 4 is 39.4 Å². The zero-order valence-corrected chi connectivity index (χ0v) is 23.3. The molecule has 40 heavy (non-hydrogen) atoms. The van der Waals surface area contributed by atoms with Crippen molar-refractivity contribution in [3.63, 3.8) is 0 Å². The Bertz CT molecular complexity index is 1550. The standard InChI is InChI=1S/C30H28ClN3O5S/c1-2-38-29-19-24(13-18-28(29)39-22-23-9-5-3-6-10-23)20-32-33-30(35)21-34(26-16-14-25(31)15-17-26)40(36,37)27-11-7-4-8-12-27/h3-20H,2,21-22H2,1H3,(H,33,35)/b32-20-. The highest BCUT2D eigenvalue weighted by Crippen LogP contribution is 2.29. The molecule has 0 aliphatic rings. The minimum atomic E-state index is -4.03. The summed E-state index contributed by atoms with van der Waals surface area (Å²) in [5.74, 6) is 0.492. The van der Waals surface area contributed by atoms with E-state index < -0.39 is 22.5 Å². The Morgan fingerprint density at radius 2 is 1.57 bits per heavy atom. The molecule has 0 saturated carbocycles. The first-order valence-electron chi connectivity index (χ1n) is 12.5. The lowest BCUT2D eigenvalue weighted by atomic mass is 10.2. The molecule has 0 aliphatic carbocycles. The van der Waals surface area contributed by atoms with Crippen molar-refractivity contribution in [1.82, 2.24) is 5.43 Å². The van der Waals surface area contributed by atoms with Crippen LogP contribution in [-0.2, 0) is 21.4 Å². The number of sulfonamides is 1. The van der Waals surface area contributed by atoms with Gasteiger partial charge in [-0.3, -0.25) is 9.10 Å². The average Bonchev–Trinajstić information content (AvgIpc) is 2.97. The van der Waals surface area contributed by atoms with Crippen molar-refractivity contribution in [2.24, 2.45) is 5.10 Å². The van der Waals surface area contributed by atoms with E-state index >= 15 is 0 Å². The molecule has 8 nitrogen and oxygen atoms in total. The van der Waals surface area contributed by atoms with Gasteiger partial charge in [0.1, 0.15) is 13.2 Å². The van der Waals surface area contributed by atoms with Gasteiger partial charge < -0.3 is 9.47 Å². The highest BCUT2D eigenvalue weighted by atomic mass is 35.5. The van der Waals surface area contributed by atoms with Crippen molar-refractivity contribution in [2.45, 2.75) is 18.4 Å². The number of carbonyl (C=O) groups excluding carboxylic acids is 1. The molecular formula is C30H28ClN3O5S. The van der Waals surface area contributed by atoms with Crippen molar-refractivity contribution in [1.29, 1.82) is 0 Å². The van der Waals surface area contributed by atoms with Gasteiger partial charge in [0.15, 0.2) is 11.5 Å². The first kappa shape index (κ1) is 28.7. The van der Waals surface area contributed by atoms with Gasteiger partial charge in [-0.05, 0) is 72.6 Å². The fraction of sp³-hybridized carbons (Fsp3) is 0.133. The third-order valence-electron chi connectivity index (χ3n) is 5.64. The van der Waals surface area contributed by atoms with Crippen LogP contribution in [0.4, 0.5) is 5.69 Å². The van der Waals surface area contributed by atoms with Gasteiger partial charge >= 0.3 is 0 Å². The number of halogens is 1. The van der Waals surface area contributed by atoms with Crippen LogP contribution in [0.2, 0.25) is 5.02 Å². The van der Waals surface area contributed by atoms with E-state index in [0.29, 0.717) is 41.0 Å².